The molecule has 0 fully saturated rings. The van der Waals surface area contributed by atoms with Gasteiger partial charge in [0.05, 0.1) is 0 Å². The molecular formula is C15H25N. The van der Waals surface area contributed by atoms with E-state index < -0.39 is 0 Å². The summed E-state index contributed by atoms with van der Waals surface area (Å²) < 4.78 is 0. The van der Waals surface area contributed by atoms with Crippen LogP contribution in [0.2, 0.25) is 0 Å². The molecule has 1 aromatic rings. The Labute approximate surface area is 100 Å². The fourth-order valence-electron chi connectivity index (χ4n) is 2.48. The fourth-order valence-corrected chi connectivity index (χ4v) is 2.48. The van der Waals surface area contributed by atoms with Gasteiger partial charge in [0.25, 0.3) is 0 Å². The van der Waals surface area contributed by atoms with Crippen molar-refractivity contribution >= 4 is 0 Å². The molecule has 0 bridgehead atoms. The number of hydrogen-bond acceptors (Lipinski definition) is 1. The Morgan fingerprint density at radius 3 is 2.31 bits per heavy atom. The van der Waals surface area contributed by atoms with Crippen LogP contribution in [0.1, 0.15) is 64.5 Å². The first kappa shape index (κ1) is 13.2. The molecule has 1 heteroatoms. The van der Waals surface area contributed by atoms with Crippen LogP contribution in [0.25, 0.3) is 0 Å². The molecule has 0 aromatic carbocycles. The molecule has 1 unspecified atom stereocenters. The summed E-state index contributed by atoms with van der Waals surface area (Å²) in [6.07, 6.45) is 8.54. The lowest BCUT2D eigenvalue weighted by Gasteiger charge is -2.19. The third-order valence-electron chi connectivity index (χ3n) is 3.27. The largest absolute Gasteiger partial charge is 0.261 e. The van der Waals surface area contributed by atoms with Gasteiger partial charge >= 0.3 is 0 Å². The predicted molar refractivity (Wildman–Crippen MR) is 70.6 cm³/mol. The molecule has 0 aliphatic carbocycles. The highest BCUT2D eigenvalue weighted by Gasteiger charge is 2.13. The molecule has 0 N–H and O–H groups in total. The molecule has 1 atom stereocenters. The van der Waals surface area contributed by atoms with Gasteiger partial charge in [-0.1, -0.05) is 52.5 Å². The van der Waals surface area contributed by atoms with Crippen molar-refractivity contribution < 1.29 is 0 Å². The van der Waals surface area contributed by atoms with Crippen LogP contribution in [0.4, 0.5) is 0 Å². The molecule has 90 valence electrons. The third kappa shape index (κ3) is 4.34. The first-order valence-electron chi connectivity index (χ1n) is 6.68. The minimum Gasteiger partial charge on any atom is -0.261 e. The molecule has 0 radical (unpaired) electrons. The van der Waals surface area contributed by atoms with Gasteiger partial charge in [0, 0.05) is 11.9 Å². The van der Waals surface area contributed by atoms with Crippen LogP contribution >= 0.6 is 0 Å². The van der Waals surface area contributed by atoms with Crippen LogP contribution in [0.15, 0.2) is 24.4 Å². The highest BCUT2D eigenvalue weighted by molar-refractivity contribution is 5.08. The lowest BCUT2D eigenvalue weighted by atomic mass is 9.87. The first-order valence-corrected chi connectivity index (χ1v) is 6.68. The smallest absolute Gasteiger partial charge is 0.0431 e. The van der Waals surface area contributed by atoms with Gasteiger partial charge in [0.1, 0.15) is 0 Å². The van der Waals surface area contributed by atoms with Crippen LogP contribution in [-0.4, -0.2) is 4.98 Å². The van der Waals surface area contributed by atoms with Gasteiger partial charge in [0.2, 0.25) is 0 Å². The summed E-state index contributed by atoms with van der Waals surface area (Å²) in [5.74, 6) is 1.48. The lowest BCUT2D eigenvalue weighted by Crippen LogP contribution is -2.06. The first-order chi connectivity index (χ1) is 7.77. The van der Waals surface area contributed by atoms with E-state index in [4.69, 9.17) is 0 Å². The van der Waals surface area contributed by atoms with E-state index >= 15 is 0 Å². The zero-order valence-electron chi connectivity index (χ0n) is 10.9. The summed E-state index contributed by atoms with van der Waals surface area (Å²) in [4.78, 5) is 4.45. The normalized spacial score (nSPS) is 13.0. The molecule has 0 spiro atoms. The molecule has 16 heavy (non-hydrogen) atoms. The Morgan fingerprint density at radius 2 is 1.81 bits per heavy atom. The van der Waals surface area contributed by atoms with Gasteiger partial charge in [-0.05, 0) is 30.4 Å². The Hall–Kier alpha value is -0.850. The third-order valence-corrected chi connectivity index (χ3v) is 3.27. The molecule has 0 aliphatic heterocycles. The predicted octanol–water partition coefficient (Wildman–Crippen LogP) is 4.79. The van der Waals surface area contributed by atoms with Crippen molar-refractivity contribution in [2.45, 2.75) is 58.8 Å². The van der Waals surface area contributed by atoms with Gasteiger partial charge in [-0.3, -0.25) is 4.98 Å². The zero-order valence-corrected chi connectivity index (χ0v) is 10.9. The maximum Gasteiger partial charge on any atom is 0.0431 e. The second kappa shape index (κ2) is 7.43. The Morgan fingerprint density at radius 1 is 1.12 bits per heavy atom. The summed E-state index contributed by atoms with van der Waals surface area (Å²) in [5, 5.41) is 0. The van der Waals surface area contributed by atoms with E-state index in [9.17, 15) is 0 Å². The van der Waals surface area contributed by atoms with E-state index in [2.05, 4.69) is 37.9 Å². The van der Waals surface area contributed by atoms with Gasteiger partial charge < -0.3 is 0 Å². The number of hydrogen-bond donors (Lipinski definition) is 0. The summed E-state index contributed by atoms with van der Waals surface area (Å²) in [7, 11) is 0. The fraction of sp³-hybridized carbons (Fsp3) is 0.667. The van der Waals surface area contributed by atoms with E-state index in [-0.39, 0.29) is 0 Å². The topological polar surface area (TPSA) is 12.9 Å². The molecule has 1 nitrogen and oxygen atoms in total. The van der Waals surface area contributed by atoms with E-state index in [0.717, 1.165) is 5.92 Å². The average molecular weight is 219 g/mol. The van der Waals surface area contributed by atoms with Gasteiger partial charge in [0.15, 0.2) is 0 Å². The average Bonchev–Trinajstić information content (AvgIpc) is 2.31. The minimum atomic E-state index is 0.601. The van der Waals surface area contributed by atoms with Crippen LogP contribution in [0.5, 0.6) is 0 Å². The van der Waals surface area contributed by atoms with Crippen molar-refractivity contribution in [3.63, 3.8) is 0 Å². The van der Waals surface area contributed by atoms with Crippen molar-refractivity contribution in [2.24, 2.45) is 5.92 Å². The van der Waals surface area contributed by atoms with E-state index in [0.29, 0.717) is 5.92 Å². The molecule has 1 rings (SSSR count). The van der Waals surface area contributed by atoms with Crippen molar-refractivity contribution in [1.82, 2.24) is 4.98 Å². The van der Waals surface area contributed by atoms with Crippen molar-refractivity contribution in [3.8, 4) is 0 Å². The van der Waals surface area contributed by atoms with Crippen LogP contribution in [0, 0.1) is 5.92 Å². The number of nitrogens with zero attached hydrogens (tertiary/aromatic N) is 1. The summed E-state index contributed by atoms with van der Waals surface area (Å²) in [6.45, 7) is 6.88. The maximum absolute atomic E-state index is 4.45. The quantitative estimate of drug-likeness (QED) is 0.642. The molecule has 0 aliphatic rings. The van der Waals surface area contributed by atoms with Crippen LogP contribution < -0.4 is 0 Å². The molecular weight excluding hydrogens is 194 g/mol. The number of aromatic nitrogens is 1. The summed E-state index contributed by atoms with van der Waals surface area (Å²) >= 11 is 0. The van der Waals surface area contributed by atoms with Crippen molar-refractivity contribution in [1.29, 1.82) is 0 Å². The van der Waals surface area contributed by atoms with Crippen LogP contribution in [-0.2, 0) is 0 Å². The highest BCUT2D eigenvalue weighted by atomic mass is 14.7. The van der Waals surface area contributed by atoms with Gasteiger partial charge in [-0.2, -0.15) is 0 Å². The lowest BCUT2D eigenvalue weighted by molar-refractivity contribution is 0.382. The number of pyridine rings is 1. The second-order valence-corrected chi connectivity index (χ2v) is 4.83. The van der Waals surface area contributed by atoms with Gasteiger partial charge in [-0.15, -0.1) is 0 Å². The van der Waals surface area contributed by atoms with Crippen molar-refractivity contribution in [3.05, 3.63) is 30.1 Å². The standard InChI is InChI=1S/C15H25N/c1-4-8-14(9-5-2)12-13(3)15-10-6-7-11-16-15/h6-7,10-11,13-14H,4-5,8-9,12H2,1-3H3. The van der Waals surface area contributed by atoms with Crippen LogP contribution in [0.3, 0.4) is 0 Å². The van der Waals surface area contributed by atoms with Gasteiger partial charge in [-0.25, -0.2) is 0 Å². The maximum atomic E-state index is 4.45. The van der Waals surface area contributed by atoms with E-state index in [1.54, 1.807) is 0 Å². The van der Waals surface area contributed by atoms with Crippen molar-refractivity contribution in [2.75, 3.05) is 0 Å². The highest BCUT2D eigenvalue weighted by Crippen LogP contribution is 2.27. The molecule has 0 amide bonds. The number of rotatable bonds is 7. The van der Waals surface area contributed by atoms with E-state index in [1.165, 1.54) is 37.8 Å². The Kier molecular flexibility index (Phi) is 6.14. The monoisotopic (exact) mass is 219 g/mol. The van der Waals surface area contributed by atoms with E-state index in [1.807, 2.05) is 12.3 Å². The molecule has 0 saturated carbocycles. The molecule has 0 saturated heterocycles. The molecule has 1 heterocycles. The summed E-state index contributed by atoms with van der Waals surface area (Å²) in [5.41, 5.74) is 1.25. The molecule has 1 aromatic heterocycles. The Bertz CT molecular complexity index is 262. The summed E-state index contributed by atoms with van der Waals surface area (Å²) in [6, 6.07) is 6.24. The SMILES string of the molecule is CCCC(CCC)CC(C)c1ccccn1. The minimum absolute atomic E-state index is 0.601. The second-order valence-electron chi connectivity index (χ2n) is 4.83. The zero-order chi connectivity index (χ0) is 11.8. The Balaban J connectivity index is 2.50.